The van der Waals surface area contributed by atoms with E-state index >= 15 is 0 Å². The number of phenols is 3. The second-order valence-corrected chi connectivity index (χ2v) is 6.59. The van der Waals surface area contributed by atoms with Gasteiger partial charge in [-0.05, 0) is 24.0 Å². The topological polar surface area (TPSA) is 147 Å². The van der Waals surface area contributed by atoms with E-state index in [-0.39, 0.29) is 16.9 Å². The summed E-state index contributed by atoms with van der Waals surface area (Å²) in [6.45, 7) is 7.43. The van der Waals surface area contributed by atoms with E-state index in [1.165, 1.54) is 13.0 Å². The quantitative estimate of drug-likeness (QED) is 0.415. The Balaban J connectivity index is 0.000000263. The third-order valence-corrected chi connectivity index (χ3v) is 3.43. The van der Waals surface area contributed by atoms with Crippen molar-refractivity contribution in [3.05, 3.63) is 61.7 Å². The number of nitro benzene ring substituents is 2. The second-order valence-electron chi connectivity index (χ2n) is 6.59. The van der Waals surface area contributed by atoms with Crippen LogP contribution >= 0.6 is 0 Å². The fourth-order valence-corrected chi connectivity index (χ4v) is 2.16. The Morgan fingerprint density at radius 3 is 1.69 bits per heavy atom. The van der Waals surface area contributed by atoms with Gasteiger partial charge in [-0.15, -0.1) is 0 Å². The lowest BCUT2D eigenvalue weighted by Gasteiger charge is -2.20. The van der Waals surface area contributed by atoms with Crippen molar-refractivity contribution in [3.8, 4) is 17.2 Å². The molecule has 0 radical (unpaired) electrons. The molecule has 0 saturated carbocycles. The third kappa shape index (κ3) is 4.82. The maximum Gasteiger partial charge on any atom is 0.318 e. The van der Waals surface area contributed by atoms with Crippen LogP contribution < -0.4 is 0 Å². The van der Waals surface area contributed by atoms with E-state index in [0.717, 1.165) is 17.7 Å². The van der Waals surface area contributed by atoms with E-state index in [4.69, 9.17) is 0 Å². The van der Waals surface area contributed by atoms with Gasteiger partial charge in [-0.2, -0.15) is 0 Å². The van der Waals surface area contributed by atoms with Gasteiger partial charge in [-0.25, -0.2) is 0 Å². The number of aromatic hydroxyl groups is 3. The molecular formula is C17H20N2O7. The van der Waals surface area contributed by atoms with E-state index in [1.807, 2.05) is 26.8 Å². The molecule has 26 heavy (non-hydrogen) atoms. The van der Waals surface area contributed by atoms with Crippen molar-refractivity contribution < 1.29 is 25.2 Å². The second kappa shape index (κ2) is 7.68. The van der Waals surface area contributed by atoms with Gasteiger partial charge in [-0.3, -0.25) is 20.2 Å². The number of phenolic OH excluding ortho intramolecular Hbond substituents is 3. The van der Waals surface area contributed by atoms with Gasteiger partial charge >= 0.3 is 11.4 Å². The predicted molar refractivity (Wildman–Crippen MR) is 94.6 cm³/mol. The summed E-state index contributed by atoms with van der Waals surface area (Å²) in [5.41, 5.74) is -0.333. The molecule has 0 spiro atoms. The van der Waals surface area contributed by atoms with Gasteiger partial charge < -0.3 is 15.3 Å². The first-order chi connectivity index (χ1) is 11.9. The molecule has 140 valence electrons. The van der Waals surface area contributed by atoms with Crippen molar-refractivity contribution in [2.24, 2.45) is 0 Å². The van der Waals surface area contributed by atoms with Crippen LogP contribution in [-0.4, -0.2) is 25.2 Å². The summed E-state index contributed by atoms with van der Waals surface area (Å²) in [6.07, 6.45) is 0. The molecule has 0 unspecified atom stereocenters. The Kier molecular flexibility index (Phi) is 6.11. The maximum atomic E-state index is 10.4. The van der Waals surface area contributed by atoms with Crippen LogP contribution in [0.3, 0.4) is 0 Å². The molecule has 2 rings (SSSR count). The normalized spacial score (nSPS) is 10.6. The zero-order valence-corrected chi connectivity index (χ0v) is 14.8. The lowest BCUT2D eigenvalue weighted by Crippen LogP contribution is -2.10. The van der Waals surface area contributed by atoms with Crippen LogP contribution in [0.4, 0.5) is 11.4 Å². The molecule has 0 aromatic heterocycles. The molecule has 2 aromatic carbocycles. The van der Waals surface area contributed by atoms with Crippen molar-refractivity contribution in [1.82, 2.24) is 0 Å². The van der Waals surface area contributed by atoms with Crippen LogP contribution in [0.15, 0.2) is 30.3 Å². The fraction of sp³-hybridized carbons (Fsp3) is 0.294. The average Bonchev–Trinajstić information content (AvgIpc) is 2.51. The molecule has 2 aromatic rings. The Morgan fingerprint density at radius 1 is 0.885 bits per heavy atom. The van der Waals surface area contributed by atoms with E-state index in [0.29, 0.717) is 5.56 Å². The minimum atomic E-state index is -0.911. The number of hydrogen-bond acceptors (Lipinski definition) is 7. The van der Waals surface area contributed by atoms with Gasteiger partial charge in [-0.1, -0.05) is 32.9 Å². The van der Waals surface area contributed by atoms with Gasteiger partial charge in [0.2, 0.25) is 0 Å². The zero-order chi connectivity index (χ0) is 20.2. The largest absolute Gasteiger partial charge is 0.504 e. The van der Waals surface area contributed by atoms with Gasteiger partial charge in [0.05, 0.1) is 9.85 Å². The molecule has 0 heterocycles. The number of nitrogens with zero attached hydrogens (tertiary/aromatic N) is 2. The molecule has 9 nitrogen and oxygen atoms in total. The van der Waals surface area contributed by atoms with Crippen LogP contribution in [-0.2, 0) is 5.41 Å². The molecule has 0 bridgehead atoms. The van der Waals surface area contributed by atoms with Crippen LogP contribution in [0.1, 0.15) is 31.9 Å². The number of rotatable bonds is 2. The highest BCUT2D eigenvalue weighted by molar-refractivity contribution is 5.60. The summed E-state index contributed by atoms with van der Waals surface area (Å²) in [5, 5.41) is 48.6. The Morgan fingerprint density at radius 2 is 1.35 bits per heavy atom. The number of para-hydroxylation sites is 1. The zero-order valence-electron chi connectivity index (χ0n) is 14.8. The molecule has 0 aliphatic rings. The first-order valence-electron chi connectivity index (χ1n) is 7.50. The summed E-state index contributed by atoms with van der Waals surface area (Å²) < 4.78 is 0. The molecule has 0 atom stereocenters. The fourth-order valence-electron chi connectivity index (χ4n) is 2.16. The molecule has 0 aliphatic heterocycles. The van der Waals surface area contributed by atoms with Gasteiger partial charge in [0, 0.05) is 17.7 Å². The van der Waals surface area contributed by atoms with Crippen molar-refractivity contribution in [3.63, 3.8) is 0 Å². The Hall–Kier alpha value is -3.36. The van der Waals surface area contributed by atoms with E-state index in [2.05, 4.69) is 0 Å². The molecule has 3 N–H and O–H groups in total. The number of nitro groups is 2. The minimum absolute atomic E-state index is 0.00926. The molecule has 9 heteroatoms. The van der Waals surface area contributed by atoms with Crippen LogP contribution in [0.2, 0.25) is 0 Å². The molecular weight excluding hydrogens is 344 g/mol. The summed E-state index contributed by atoms with van der Waals surface area (Å²) >= 11 is 0. The number of benzene rings is 2. The molecule has 0 aliphatic carbocycles. The highest BCUT2D eigenvalue weighted by atomic mass is 16.6. The van der Waals surface area contributed by atoms with Crippen LogP contribution in [0, 0.1) is 27.2 Å². The minimum Gasteiger partial charge on any atom is -0.504 e. The van der Waals surface area contributed by atoms with Crippen LogP contribution in [0.25, 0.3) is 0 Å². The van der Waals surface area contributed by atoms with Crippen molar-refractivity contribution in [2.45, 2.75) is 33.1 Å². The van der Waals surface area contributed by atoms with Crippen molar-refractivity contribution >= 4 is 11.4 Å². The van der Waals surface area contributed by atoms with Gasteiger partial charge in [0.15, 0.2) is 11.5 Å². The number of hydrogen-bond donors (Lipinski definition) is 3. The highest BCUT2D eigenvalue weighted by Crippen LogP contribution is 2.37. The summed E-state index contributed by atoms with van der Waals surface area (Å²) in [5.74, 6) is -0.974. The van der Waals surface area contributed by atoms with Crippen molar-refractivity contribution in [2.75, 3.05) is 0 Å². The third-order valence-electron chi connectivity index (χ3n) is 3.43. The van der Waals surface area contributed by atoms with E-state index < -0.39 is 27.0 Å². The Labute approximate surface area is 149 Å². The van der Waals surface area contributed by atoms with Crippen LogP contribution in [0.5, 0.6) is 17.2 Å². The monoisotopic (exact) mass is 364 g/mol. The van der Waals surface area contributed by atoms with Crippen molar-refractivity contribution in [1.29, 1.82) is 0 Å². The van der Waals surface area contributed by atoms with Gasteiger partial charge in [0.25, 0.3) is 5.75 Å². The average molecular weight is 364 g/mol. The highest BCUT2D eigenvalue weighted by Gasteiger charge is 2.25. The molecule has 0 amide bonds. The first-order valence-corrected chi connectivity index (χ1v) is 7.50. The summed E-state index contributed by atoms with van der Waals surface area (Å²) in [7, 11) is 0. The van der Waals surface area contributed by atoms with E-state index in [9.17, 15) is 35.5 Å². The molecule has 0 fully saturated rings. The lowest BCUT2D eigenvalue weighted by molar-refractivity contribution is -0.396. The first kappa shape index (κ1) is 20.7. The lowest BCUT2D eigenvalue weighted by atomic mass is 9.86. The molecule has 0 saturated heterocycles. The summed E-state index contributed by atoms with van der Waals surface area (Å²) in [4.78, 5) is 19.0. The standard InChI is InChI=1S/C10H14O2.C7H6N2O5/c1-10(2,3)7-5-4-6-8(11)9(7)12;1-4-2-5(8(11)12)7(10)6(3-4)9(13)14/h4-6,11-12H,1-3H3;2-3,10H,1H3. The maximum absolute atomic E-state index is 10.4. The Bertz CT molecular complexity index is 806. The summed E-state index contributed by atoms with van der Waals surface area (Å²) in [6, 6.07) is 7.17. The SMILES string of the molecule is CC(C)(C)c1cccc(O)c1O.Cc1cc([N+](=O)[O-])c(O)c([N+](=O)[O-])c1. The van der Waals surface area contributed by atoms with E-state index in [1.54, 1.807) is 6.07 Å². The predicted octanol–water partition coefficient (Wildman–Crippen LogP) is 3.91. The van der Waals surface area contributed by atoms with Gasteiger partial charge in [0.1, 0.15) is 0 Å². The smallest absolute Gasteiger partial charge is 0.318 e. The number of aryl methyl sites for hydroxylation is 1.